The van der Waals surface area contributed by atoms with Gasteiger partial charge in [0, 0.05) is 75.4 Å². The van der Waals surface area contributed by atoms with Crippen LogP contribution in [0, 0.1) is 0 Å². The van der Waals surface area contributed by atoms with Crippen molar-refractivity contribution < 1.29 is 28.4 Å². The van der Waals surface area contributed by atoms with Gasteiger partial charge in [0.15, 0.2) is 0 Å². The average Bonchev–Trinajstić information content (AvgIpc) is 3.14. The smallest absolute Gasteiger partial charge is 0.0701 e. The summed E-state index contributed by atoms with van der Waals surface area (Å²) >= 11 is 0. The lowest BCUT2D eigenvalue weighted by atomic mass is 10.1. The molecule has 50 heavy (non-hydrogen) atoms. The van der Waals surface area contributed by atoms with Crippen molar-refractivity contribution in [2.24, 2.45) is 0 Å². The maximum atomic E-state index is 5.75. The topological polar surface area (TPSA) is 104 Å². The summed E-state index contributed by atoms with van der Waals surface area (Å²) in [5.41, 5.74) is 4.46. The second kappa shape index (κ2) is 23.0. The summed E-state index contributed by atoms with van der Waals surface area (Å²) in [6, 6.07) is 26.0. The Hall–Kier alpha value is -3.64. The zero-order chi connectivity index (χ0) is 34.3. The summed E-state index contributed by atoms with van der Waals surface area (Å²) in [5.74, 6) is 0. The Labute approximate surface area is 297 Å². The van der Waals surface area contributed by atoms with Gasteiger partial charge < -0.3 is 49.7 Å². The third-order valence-corrected chi connectivity index (χ3v) is 8.35. The Kier molecular flexibility index (Phi) is 17.3. The van der Waals surface area contributed by atoms with Crippen LogP contribution in [0.1, 0.15) is 25.7 Å². The fourth-order valence-corrected chi connectivity index (χ4v) is 5.64. The molecule has 272 valence electrons. The Balaban J connectivity index is 1.02. The largest absolute Gasteiger partial charge is 0.385 e. The highest BCUT2D eigenvalue weighted by molar-refractivity contribution is 5.89. The van der Waals surface area contributed by atoms with Crippen molar-refractivity contribution in [2.75, 3.05) is 127 Å². The summed E-state index contributed by atoms with van der Waals surface area (Å²) < 4.78 is 34.3. The molecule has 6 bridgehead atoms. The van der Waals surface area contributed by atoms with E-state index in [9.17, 15) is 0 Å². The van der Waals surface area contributed by atoms with Gasteiger partial charge in [0.25, 0.3) is 0 Å². The molecule has 0 fully saturated rings. The van der Waals surface area contributed by atoms with E-state index in [4.69, 9.17) is 28.4 Å². The number of fused-ring (bicyclic) bond motifs is 4. The van der Waals surface area contributed by atoms with Crippen LogP contribution in [0.2, 0.25) is 0 Å². The predicted molar refractivity (Wildman–Crippen MR) is 205 cm³/mol. The molecule has 0 saturated heterocycles. The van der Waals surface area contributed by atoms with Crippen LogP contribution in [0.4, 0.5) is 22.7 Å². The molecule has 0 radical (unpaired) electrons. The van der Waals surface area contributed by atoms with Gasteiger partial charge in [0.05, 0.1) is 52.9 Å². The summed E-state index contributed by atoms with van der Waals surface area (Å²) in [5, 5.41) is 19.0. The van der Waals surface area contributed by atoms with E-state index in [0.29, 0.717) is 79.3 Å². The summed E-state index contributed by atoms with van der Waals surface area (Å²) in [6.07, 6.45) is 3.71. The van der Waals surface area contributed by atoms with E-state index in [1.54, 1.807) is 0 Å². The zero-order valence-corrected chi connectivity index (χ0v) is 29.5. The first-order valence-corrected chi connectivity index (χ1v) is 18.3. The fourth-order valence-electron chi connectivity index (χ4n) is 5.64. The Morgan fingerprint density at radius 2 is 0.520 bits per heavy atom. The molecule has 10 heteroatoms. The van der Waals surface area contributed by atoms with Gasteiger partial charge in [-0.3, -0.25) is 0 Å². The minimum Gasteiger partial charge on any atom is -0.385 e. The molecule has 1 heterocycles. The predicted octanol–water partition coefficient (Wildman–Crippen LogP) is 7.01. The van der Waals surface area contributed by atoms with Crippen LogP contribution in [0.3, 0.4) is 0 Å². The van der Waals surface area contributed by atoms with Crippen molar-refractivity contribution in [1.29, 1.82) is 0 Å². The molecule has 10 nitrogen and oxygen atoms in total. The van der Waals surface area contributed by atoms with Gasteiger partial charge in [0.1, 0.15) is 0 Å². The van der Waals surface area contributed by atoms with Crippen molar-refractivity contribution in [3.05, 3.63) is 72.8 Å². The Bertz CT molecular complexity index is 1310. The molecule has 0 aromatic heterocycles. The number of benzene rings is 4. The molecule has 0 atom stereocenters. The molecule has 0 saturated carbocycles. The van der Waals surface area contributed by atoms with E-state index in [1.165, 1.54) is 21.5 Å². The van der Waals surface area contributed by atoms with Crippen LogP contribution in [0.5, 0.6) is 0 Å². The molecule has 1 aliphatic heterocycles. The second-order valence-corrected chi connectivity index (χ2v) is 12.3. The first-order valence-electron chi connectivity index (χ1n) is 18.3. The van der Waals surface area contributed by atoms with Crippen LogP contribution in [-0.2, 0) is 28.4 Å². The molecule has 0 amide bonds. The third-order valence-electron chi connectivity index (χ3n) is 8.35. The van der Waals surface area contributed by atoms with E-state index >= 15 is 0 Å². The lowest BCUT2D eigenvalue weighted by Crippen LogP contribution is -2.12. The number of ether oxygens (including phenoxy) is 6. The van der Waals surface area contributed by atoms with E-state index in [-0.39, 0.29) is 0 Å². The van der Waals surface area contributed by atoms with Gasteiger partial charge in [-0.15, -0.1) is 0 Å². The fraction of sp³-hybridized carbons (Fsp3) is 0.500. The summed E-state index contributed by atoms with van der Waals surface area (Å²) in [4.78, 5) is 0. The molecular weight excluding hydrogens is 632 g/mol. The maximum Gasteiger partial charge on any atom is 0.0701 e. The molecule has 4 N–H and O–H groups in total. The van der Waals surface area contributed by atoms with E-state index in [0.717, 1.165) is 74.6 Å². The first kappa shape index (κ1) is 37.6. The maximum absolute atomic E-state index is 5.75. The number of anilines is 4. The Morgan fingerprint density at radius 1 is 0.280 bits per heavy atom. The van der Waals surface area contributed by atoms with E-state index < -0.39 is 0 Å². The summed E-state index contributed by atoms with van der Waals surface area (Å²) in [6.45, 7) is 10.9. The molecule has 5 rings (SSSR count). The van der Waals surface area contributed by atoms with Gasteiger partial charge in [-0.1, -0.05) is 24.3 Å². The van der Waals surface area contributed by atoms with Gasteiger partial charge in [-0.25, -0.2) is 0 Å². The average molecular weight is 689 g/mol. The SMILES string of the molecule is c1cc2ccc3cc2cc1NCCCOCCOCCOCCCNc1ccc2ccc(cc2c1)NCCCOCCOCCOCCCN3. The zero-order valence-electron chi connectivity index (χ0n) is 29.5. The highest BCUT2D eigenvalue weighted by Crippen LogP contribution is 2.24. The van der Waals surface area contributed by atoms with Crippen molar-refractivity contribution >= 4 is 44.3 Å². The normalized spacial score (nSPS) is 18.6. The van der Waals surface area contributed by atoms with Crippen LogP contribution in [0.25, 0.3) is 21.5 Å². The molecule has 0 unspecified atom stereocenters. The third kappa shape index (κ3) is 14.3. The molecule has 0 spiro atoms. The van der Waals surface area contributed by atoms with Crippen LogP contribution in [-0.4, -0.2) is 105 Å². The number of hydrogen-bond acceptors (Lipinski definition) is 10. The molecule has 4 aromatic rings. The van der Waals surface area contributed by atoms with Crippen LogP contribution >= 0.6 is 0 Å². The van der Waals surface area contributed by atoms with Crippen LogP contribution < -0.4 is 21.3 Å². The second-order valence-electron chi connectivity index (χ2n) is 12.3. The van der Waals surface area contributed by atoms with Crippen molar-refractivity contribution in [1.82, 2.24) is 0 Å². The van der Waals surface area contributed by atoms with Crippen LogP contribution in [0.15, 0.2) is 72.8 Å². The lowest BCUT2D eigenvalue weighted by Gasteiger charge is -2.11. The molecular formula is C40H56N4O6. The first-order chi connectivity index (χ1) is 24.8. The molecule has 4 aromatic carbocycles. The van der Waals surface area contributed by atoms with E-state index in [1.807, 2.05) is 0 Å². The standard InChI is InChI=1S/C40H56N4O6/c1-13-41-37-9-5-33-6-10-38(30-35(33)29-37)42-14-2-19-47-23-27-50-28-24-48-20-4-16-44-40-12-8-34-7-11-39(31-36(34)32-40)43-15-3-18-46-22-26-49-25-21-45-17-1/h5-12,29-32,41-44H,1-4,13-28H2. The Morgan fingerprint density at radius 3 is 0.780 bits per heavy atom. The lowest BCUT2D eigenvalue weighted by molar-refractivity contribution is 0.0145. The number of hydrogen-bond donors (Lipinski definition) is 4. The van der Waals surface area contributed by atoms with Gasteiger partial charge in [-0.2, -0.15) is 0 Å². The minimum atomic E-state index is 0.578. The van der Waals surface area contributed by atoms with Gasteiger partial charge >= 0.3 is 0 Å². The number of nitrogens with one attached hydrogen (secondary N) is 4. The van der Waals surface area contributed by atoms with Gasteiger partial charge in [-0.05, 0) is 95.8 Å². The van der Waals surface area contributed by atoms with Crippen molar-refractivity contribution in [2.45, 2.75) is 25.7 Å². The quantitative estimate of drug-likeness (QED) is 0.154. The molecule has 1 aliphatic rings. The van der Waals surface area contributed by atoms with Gasteiger partial charge in [0.2, 0.25) is 0 Å². The van der Waals surface area contributed by atoms with Crippen molar-refractivity contribution in [3.8, 4) is 0 Å². The minimum absolute atomic E-state index is 0.578. The number of rotatable bonds is 0. The van der Waals surface area contributed by atoms with E-state index in [2.05, 4.69) is 94.1 Å². The molecule has 0 aliphatic carbocycles. The monoisotopic (exact) mass is 688 g/mol. The van der Waals surface area contributed by atoms with Crippen molar-refractivity contribution in [3.63, 3.8) is 0 Å². The highest BCUT2D eigenvalue weighted by atomic mass is 16.5. The highest BCUT2D eigenvalue weighted by Gasteiger charge is 2.02. The summed E-state index contributed by atoms with van der Waals surface area (Å²) in [7, 11) is 0.